The van der Waals surface area contributed by atoms with E-state index in [-0.39, 0.29) is 17.4 Å². The number of nitro benzene ring substituents is 1. The predicted molar refractivity (Wildman–Crippen MR) is 112 cm³/mol. The monoisotopic (exact) mass is 420 g/mol. The molecule has 2 heterocycles. The van der Waals surface area contributed by atoms with Gasteiger partial charge in [0.15, 0.2) is 0 Å². The van der Waals surface area contributed by atoms with E-state index in [0.717, 1.165) is 41.6 Å². The van der Waals surface area contributed by atoms with Crippen LogP contribution in [0, 0.1) is 15.9 Å². The normalized spacial score (nSPS) is 13.4. The van der Waals surface area contributed by atoms with Crippen molar-refractivity contribution in [2.45, 2.75) is 18.9 Å². The molecule has 4 aromatic rings. The number of fused-ring (bicyclic) bond motifs is 1. The molecule has 10 heteroatoms. The van der Waals surface area contributed by atoms with Gasteiger partial charge in [0, 0.05) is 23.7 Å². The first-order chi connectivity index (χ1) is 15.0. The third-order valence-electron chi connectivity index (χ3n) is 5.12. The number of benzene rings is 2. The number of hydrogen-bond donors (Lipinski definition) is 1. The van der Waals surface area contributed by atoms with Gasteiger partial charge in [-0.05, 0) is 25.0 Å². The predicted octanol–water partition coefficient (Wildman–Crippen LogP) is 4.63. The molecule has 0 saturated heterocycles. The molecule has 1 fully saturated rings. The molecule has 0 aliphatic heterocycles. The first-order valence-corrected chi connectivity index (χ1v) is 9.65. The Morgan fingerprint density at radius 3 is 2.81 bits per heavy atom. The first kappa shape index (κ1) is 18.9. The van der Waals surface area contributed by atoms with Crippen molar-refractivity contribution in [1.29, 1.82) is 0 Å². The van der Waals surface area contributed by atoms with Crippen LogP contribution in [0.25, 0.3) is 22.3 Å². The maximum atomic E-state index is 13.9. The molecule has 0 amide bonds. The van der Waals surface area contributed by atoms with E-state index >= 15 is 0 Å². The Morgan fingerprint density at radius 1 is 1.26 bits per heavy atom. The molecule has 0 unspecified atom stereocenters. The van der Waals surface area contributed by atoms with E-state index in [2.05, 4.69) is 15.3 Å². The van der Waals surface area contributed by atoms with E-state index in [0.29, 0.717) is 11.7 Å². The molecule has 9 nitrogen and oxygen atoms in total. The SMILES string of the molecule is COc1cc(F)c([N+](=O)[O-])cc1Nc1nccc(-c2nn(C3CC3)c3ccccc23)n1. The van der Waals surface area contributed by atoms with Crippen LogP contribution in [0.4, 0.5) is 21.7 Å². The van der Waals surface area contributed by atoms with Gasteiger partial charge in [0.1, 0.15) is 11.4 Å². The van der Waals surface area contributed by atoms with Crippen molar-refractivity contribution >= 4 is 28.2 Å². The molecule has 2 aromatic heterocycles. The molecular weight excluding hydrogens is 403 g/mol. The average Bonchev–Trinajstić information content (AvgIpc) is 3.54. The third kappa shape index (κ3) is 3.41. The van der Waals surface area contributed by atoms with Gasteiger partial charge < -0.3 is 10.1 Å². The van der Waals surface area contributed by atoms with Crippen LogP contribution in [0.2, 0.25) is 0 Å². The summed E-state index contributed by atoms with van der Waals surface area (Å²) >= 11 is 0. The van der Waals surface area contributed by atoms with Crippen LogP contribution in [-0.2, 0) is 0 Å². The summed E-state index contributed by atoms with van der Waals surface area (Å²) in [6, 6.07) is 12.1. The lowest BCUT2D eigenvalue weighted by Gasteiger charge is -2.10. The number of halogens is 1. The zero-order chi connectivity index (χ0) is 21.5. The Kier molecular flexibility index (Phi) is 4.46. The van der Waals surface area contributed by atoms with Gasteiger partial charge in [-0.3, -0.25) is 14.8 Å². The number of nitro groups is 1. The highest BCUT2D eigenvalue weighted by Crippen LogP contribution is 2.39. The summed E-state index contributed by atoms with van der Waals surface area (Å²) in [5.41, 5.74) is 1.88. The maximum Gasteiger partial charge on any atom is 0.307 e. The number of para-hydroxylation sites is 1. The fourth-order valence-corrected chi connectivity index (χ4v) is 3.50. The lowest BCUT2D eigenvalue weighted by molar-refractivity contribution is -0.387. The smallest absolute Gasteiger partial charge is 0.307 e. The van der Waals surface area contributed by atoms with Crippen molar-refractivity contribution in [2.24, 2.45) is 0 Å². The Bertz CT molecular complexity index is 1320. The highest BCUT2D eigenvalue weighted by molar-refractivity contribution is 5.92. The maximum absolute atomic E-state index is 13.9. The highest BCUT2D eigenvalue weighted by atomic mass is 19.1. The molecule has 0 bridgehead atoms. The summed E-state index contributed by atoms with van der Waals surface area (Å²) in [6.07, 6.45) is 3.77. The quantitative estimate of drug-likeness (QED) is 0.358. The zero-order valence-corrected chi connectivity index (χ0v) is 16.4. The number of nitrogens with zero attached hydrogens (tertiary/aromatic N) is 5. The number of anilines is 2. The summed E-state index contributed by atoms with van der Waals surface area (Å²) in [6.45, 7) is 0. The van der Waals surface area contributed by atoms with E-state index in [1.165, 1.54) is 7.11 Å². The number of methoxy groups -OCH3 is 1. The summed E-state index contributed by atoms with van der Waals surface area (Å²) in [4.78, 5) is 19.0. The standard InChI is InChI=1S/C21H17FN6O3/c1-31-19-10-14(22)18(28(29)30)11-16(19)25-21-23-9-8-15(24-21)20-13-4-2-3-5-17(13)27(26-20)12-6-7-12/h2-5,8-12H,6-7H2,1H3,(H,23,24,25). The minimum atomic E-state index is -0.987. The lowest BCUT2D eigenvalue weighted by atomic mass is 10.1. The second-order valence-corrected chi connectivity index (χ2v) is 7.19. The summed E-state index contributed by atoms with van der Waals surface area (Å²) < 4.78 is 21.1. The van der Waals surface area contributed by atoms with Crippen LogP contribution < -0.4 is 10.1 Å². The fraction of sp³-hybridized carbons (Fsp3) is 0.190. The van der Waals surface area contributed by atoms with Gasteiger partial charge in [-0.15, -0.1) is 0 Å². The summed E-state index contributed by atoms with van der Waals surface area (Å²) in [5.74, 6) is -0.707. The molecule has 1 aliphatic carbocycles. The minimum absolute atomic E-state index is 0.0977. The van der Waals surface area contributed by atoms with Crippen molar-refractivity contribution < 1.29 is 14.1 Å². The Labute approximate surface area is 175 Å². The van der Waals surface area contributed by atoms with Crippen LogP contribution in [0.3, 0.4) is 0 Å². The molecule has 0 radical (unpaired) electrons. The van der Waals surface area contributed by atoms with E-state index in [9.17, 15) is 14.5 Å². The minimum Gasteiger partial charge on any atom is -0.494 e. The molecule has 0 spiro atoms. The van der Waals surface area contributed by atoms with E-state index in [1.807, 2.05) is 28.9 Å². The zero-order valence-electron chi connectivity index (χ0n) is 16.4. The third-order valence-corrected chi connectivity index (χ3v) is 5.12. The van der Waals surface area contributed by atoms with Crippen molar-refractivity contribution in [2.75, 3.05) is 12.4 Å². The van der Waals surface area contributed by atoms with Gasteiger partial charge in [-0.2, -0.15) is 9.49 Å². The molecule has 1 N–H and O–H groups in total. The Morgan fingerprint density at radius 2 is 2.06 bits per heavy atom. The van der Waals surface area contributed by atoms with Gasteiger partial charge in [-0.25, -0.2) is 9.97 Å². The van der Waals surface area contributed by atoms with Gasteiger partial charge >= 0.3 is 5.69 Å². The van der Waals surface area contributed by atoms with E-state index in [4.69, 9.17) is 9.84 Å². The fourth-order valence-electron chi connectivity index (χ4n) is 3.50. The molecule has 31 heavy (non-hydrogen) atoms. The number of ether oxygens (including phenoxy) is 1. The molecule has 156 valence electrons. The lowest BCUT2D eigenvalue weighted by Crippen LogP contribution is -2.02. The molecule has 2 aromatic carbocycles. The average molecular weight is 420 g/mol. The van der Waals surface area contributed by atoms with Crippen molar-refractivity contribution in [3.63, 3.8) is 0 Å². The van der Waals surface area contributed by atoms with Crippen molar-refractivity contribution in [1.82, 2.24) is 19.7 Å². The van der Waals surface area contributed by atoms with Gasteiger partial charge in [-0.1, -0.05) is 18.2 Å². The van der Waals surface area contributed by atoms with Crippen molar-refractivity contribution in [3.8, 4) is 17.1 Å². The largest absolute Gasteiger partial charge is 0.494 e. The van der Waals surface area contributed by atoms with Crippen molar-refractivity contribution in [3.05, 3.63) is 64.6 Å². The van der Waals surface area contributed by atoms with Crippen LogP contribution in [0.15, 0.2) is 48.7 Å². The van der Waals surface area contributed by atoms with Gasteiger partial charge in [0.25, 0.3) is 0 Å². The molecule has 0 atom stereocenters. The second-order valence-electron chi connectivity index (χ2n) is 7.19. The molecule has 1 saturated carbocycles. The second kappa shape index (κ2) is 7.31. The topological polar surface area (TPSA) is 108 Å². The van der Waals surface area contributed by atoms with Crippen LogP contribution in [-0.4, -0.2) is 31.8 Å². The van der Waals surface area contributed by atoms with Crippen LogP contribution in [0.5, 0.6) is 5.75 Å². The summed E-state index contributed by atoms with van der Waals surface area (Å²) in [7, 11) is 1.35. The van der Waals surface area contributed by atoms with Crippen LogP contribution >= 0.6 is 0 Å². The van der Waals surface area contributed by atoms with Gasteiger partial charge in [0.2, 0.25) is 11.8 Å². The first-order valence-electron chi connectivity index (χ1n) is 9.65. The highest BCUT2D eigenvalue weighted by Gasteiger charge is 2.28. The van der Waals surface area contributed by atoms with Gasteiger partial charge in [0.05, 0.1) is 35.0 Å². The Balaban J connectivity index is 1.55. The number of nitrogens with one attached hydrogen (secondary N) is 1. The number of rotatable bonds is 6. The number of aromatic nitrogens is 4. The molecule has 5 rings (SSSR count). The van der Waals surface area contributed by atoms with E-state index in [1.54, 1.807) is 12.3 Å². The Hall–Kier alpha value is -4.08. The molecule has 1 aliphatic rings. The molecular formula is C21H17FN6O3. The van der Waals surface area contributed by atoms with E-state index < -0.39 is 16.4 Å². The summed E-state index contributed by atoms with van der Waals surface area (Å²) in [5, 5.41) is 19.8. The van der Waals surface area contributed by atoms with Crippen LogP contribution in [0.1, 0.15) is 18.9 Å². The number of hydrogen-bond acceptors (Lipinski definition) is 7.